The van der Waals surface area contributed by atoms with Crippen molar-refractivity contribution in [3.63, 3.8) is 0 Å². The molecule has 1 nitrogen and oxygen atoms in total. The number of benzene rings is 8. The molecule has 1 unspecified atom stereocenters. The van der Waals surface area contributed by atoms with E-state index >= 15 is 0 Å². The first-order valence-corrected chi connectivity index (χ1v) is 20.2. The average Bonchev–Trinajstić information content (AvgIpc) is 3.29. The standard InChI is InChI=1S/C55H47N/c1-6-16-42(17-7-1)44-24-26-47(27-25-44)54(46-20-10-3-11-21-46)48-28-32-49(33-29-48)55(40-14-5-15-41-55)50-34-38-53(39-35-50)56(51-22-12-4-13-23-51)52-36-30-45(31-37-52)43-18-8-2-9-19-43/h1-4,6-13,16-39,54H,5,14-15,40-41H2. The molecule has 272 valence electrons. The third-order valence-corrected chi connectivity index (χ3v) is 11.9. The van der Waals surface area contributed by atoms with Gasteiger partial charge in [0.15, 0.2) is 0 Å². The third-order valence-electron chi connectivity index (χ3n) is 11.9. The Kier molecular flexibility index (Phi) is 10.2. The summed E-state index contributed by atoms with van der Waals surface area (Å²) in [6.45, 7) is 0. The minimum absolute atomic E-state index is 0.0101. The van der Waals surface area contributed by atoms with Gasteiger partial charge >= 0.3 is 0 Å². The minimum Gasteiger partial charge on any atom is -0.311 e. The lowest BCUT2D eigenvalue weighted by molar-refractivity contribution is 0.346. The number of hydrogen-bond acceptors (Lipinski definition) is 1. The van der Waals surface area contributed by atoms with Crippen LogP contribution in [0.4, 0.5) is 17.1 Å². The van der Waals surface area contributed by atoms with Crippen LogP contribution in [0.15, 0.2) is 218 Å². The van der Waals surface area contributed by atoms with Crippen molar-refractivity contribution < 1.29 is 0 Å². The Bertz CT molecular complexity index is 2260. The maximum atomic E-state index is 2.44. The van der Waals surface area contributed by atoms with Gasteiger partial charge in [0.05, 0.1) is 0 Å². The third kappa shape index (κ3) is 7.21. The summed E-state index contributed by atoms with van der Waals surface area (Å²) < 4.78 is 0. The van der Waals surface area contributed by atoms with Crippen LogP contribution in [0.5, 0.6) is 0 Å². The van der Waals surface area contributed by atoms with Crippen LogP contribution >= 0.6 is 0 Å². The topological polar surface area (TPSA) is 3.24 Å². The number of anilines is 3. The number of para-hydroxylation sites is 1. The van der Waals surface area contributed by atoms with Gasteiger partial charge < -0.3 is 4.90 Å². The largest absolute Gasteiger partial charge is 0.311 e. The van der Waals surface area contributed by atoms with Gasteiger partial charge in [-0.15, -0.1) is 0 Å². The van der Waals surface area contributed by atoms with E-state index in [1.54, 1.807) is 0 Å². The molecule has 1 atom stereocenters. The van der Waals surface area contributed by atoms with E-state index in [4.69, 9.17) is 0 Å². The van der Waals surface area contributed by atoms with Gasteiger partial charge in [0, 0.05) is 28.4 Å². The molecule has 0 radical (unpaired) electrons. The molecule has 0 aromatic heterocycles. The molecule has 0 heterocycles. The Morgan fingerprint density at radius 2 is 0.643 bits per heavy atom. The molecular formula is C55H47N. The van der Waals surface area contributed by atoms with Crippen molar-refractivity contribution in [3.8, 4) is 22.3 Å². The molecule has 0 aliphatic heterocycles. The van der Waals surface area contributed by atoms with Crippen molar-refractivity contribution in [2.75, 3.05) is 4.90 Å². The second-order valence-electron chi connectivity index (χ2n) is 15.2. The van der Waals surface area contributed by atoms with Crippen LogP contribution in [0.2, 0.25) is 0 Å². The molecule has 0 N–H and O–H groups in total. The van der Waals surface area contributed by atoms with Crippen molar-refractivity contribution in [1.29, 1.82) is 0 Å². The Labute approximate surface area is 332 Å². The highest BCUT2D eigenvalue weighted by Gasteiger charge is 2.36. The van der Waals surface area contributed by atoms with Gasteiger partial charge in [0.25, 0.3) is 0 Å². The van der Waals surface area contributed by atoms with E-state index in [0.717, 1.165) is 29.9 Å². The van der Waals surface area contributed by atoms with Gasteiger partial charge in [-0.2, -0.15) is 0 Å². The molecule has 1 aliphatic rings. The fourth-order valence-electron chi connectivity index (χ4n) is 9.00. The normalized spacial score (nSPS) is 14.1. The zero-order chi connectivity index (χ0) is 37.6. The lowest BCUT2D eigenvalue weighted by Crippen LogP contribution is -2.30. The van der Waals surface area contributed by atoms with Crippen molar-refractivity contribution in [3.05, 3.63) is 246 Å². The fraction of sp³-hybridized carbons (Fsp3) is 0.127. The fourth-order valence-corrected chi connectivity index (χ4v) is 9.00. The second kappa shape index (κ2) is 16.1. The highest BCUT2D eigenvalue weighted by atomic mass is 15.1. The van der Waals surface area contributed by atoms with E-state index in [-0.39, 0.29) is 11.3 Å². The lowest BCUT2D eigenvalue weighted by Gasteiger charge is -2.39. The van der Waals surface area contributed by atoms with Gasteiger partial charge in [0.2, 0.25) is 0 Å². The smallest absolute Gasteiger partial charge is 0.0462 e. The molecule has 0 spiro atoms. The van der Waals surface area contributed by atoms with E-state index in [1.807, 2.05) is 0 Å². The predicted octanol–water partition coefficient (Wildman–Crippen LogP) is 14.9. The van der Waals surface area contributed by atoms with Gasteiger partial charge in [-0.3, -0.25) is 0 Å². The SMILES string of the molecule is c1ccc(-c2ccc(C(c3ccccc3)c3ccc(C4(c5ccc(N(c6ccccc6)c6ccc(-c7ccccc7)cc6)cc5)CCCCC4)cc3)cc2)cc1. The van der Waals surface area contributed by atoms with E-state index in [1.165, 1.54) is 69.3 Å². The summed E-state index contributed by atoms with van der Waals surface area (Å²) in [6.07, 6.45) is 6.12. The quantitative estimate of drug-likeness (QED) is 0.127. The van der Waals surface area contributed by atoms with Crippen molar-refractivity contribution in [1.82, 2.24) is 0 Å². The van der Waals surface area contributed by atoms with E-state index in [0.29, 0.717) is 0 Å². The molecule has 56 heavy (non-hydrogen) atoms. The van der Waals surface area contributed by atoms with Crippen molar-refractivity contribution >= 4 is 17.1 Å². The summed E-state index contributed by atoms with van der Waals surface area (Å²) in [6, 6.07) is 80.3. The zero-order valence-corrected chi connectivity index (χ0v) is 31.8. The van der Waals surface area contributed by atoms with Crippen LogP contribution in [-0.4, -0.2) is 0 Å². The second-order valence-corrected chi connectivity index (χ2v) is 15.2. The molecule has 8 aromatic carbocycles. The van der Waals surface area contributed by atoms with Crippen LogP contribution in [-0.2, 0) is 5.41 Å². The molecular weight excluding hydrogens is 675 g/mol. The molecule has 0 amide bonds. The van der Waals surface area contributed by atoms with Crippen LogP contribution in [0, 0.1) is 0 Å². The molecule has 1 aliphatic carbocycles. The number of nitrogens with zero attached hydrogens (tertiary/aromatic N) is 1. The van der Waals surface area contributed by atoms with Crippen molar-refractivity contribution in [2.45, 2.75) is 43.4 Å². The predicted molar refractivity (Wildman–Crippen MR) is 236 cm³/mol. The minimum atomic E-state index is -0.0101. The Morgan fingerprint density at radius 3 is 1.14 bits per heavy atom. The van der Waals surface area contributed by atoms with Crippen LogP contribution in [0.25, 0.3) is 22.3 Å². The summed E-state index contributed by atoms with van der Waals surface area (Å²) in [5.41, 5.74) is 15.2. The van der Waals surface area contributed by atoms with Crippen molar-refractivity contribution in [2.24, 2.45) is 0 Å². The Balaban J connectivity index is 1.04. The molecule has 8 aromatic rings. The number of hydrogen-bond donors (Lipinski definition) is 0. The summed E-state index contributed by atoms with van der Waals surface area (Å²) in [7, 11) is 0. The highest BCUT2D eigenvalue weighted by molar-refractivity contribution is 5.78. The van der Waals surface area contributed by atoms with E-state index in [2.05, 4.69) is 223 Å². The van der Waals surface area contributed by atoms with Crippen LogP contribution in [0.3, 0.4) is 0 Å². The number of rotatable bonds is 10. The van der Waals surface area contributed by atoms with Crippen LogP contribution in [0.1, 0.15) is 65.8 Å². The molecule has 0 saturated heterocycles. The lowest BCUT2D eigenvalue weighted by atomic mass is 9.65. The summed E-state index contributed by atoms with van der Waals surface area (Å²) >= 11 is 0. The molecule has 1 fully saturated rings. The van der Waals surface area contributed by atoms with Gasteiger partial charge in [-0.1, -0.05) is 201 Å². The summed E-state index contributed by atoms with van der Waals surface area (Å²) in [5, 5.41) is 0. The highest BCUT2D eigenvalue weighted by Crippen LogP contribution is 2.47. The Hall–Kier alpha value is -6.44. The summed E-state index contributed by atoms with van der Waals surface area (Å²) in [5.74, 6) is 0.155. The Morgan fingerprint density at radius 1 is 0.304 bits per heavy atom. The first kappa shape index (κ1) is 35.3. The van der Waals surface area contributed by atoms with E-state index in [9.17, 15) is 0 Å². The van der Waals surface area contributed by atoms with E-state index < -0.39 is 0 Å². The monoisotopic (exact) mass is 721 g/mol. The maximum Gasteiger partial charge on any atom is 0.0462 e. The average molecular weight is 722 g/mol. The molecule has 9 rings (SSSR count). The zero-order valence-electron chi connectivity index (χ0n) is 31.8. The molecule has 1 heteroatoms. The first-order valence-electron chi connectivity index (χ1n) is 20.2. The summed E-state index contributed by atoms with van der Waals surface area (Å²) in [4.78, 5) is 2.37. The van der Waals surface area contributed by atoms with Gasteiger partial charge in [-0.05, 0) is 99.3 Å². The first-order chi connectivity index (χ1) is 27.7. The van der Waals surface area contributed by atoms with Gasteiger partial charge in [0.1, 0.15) is 0 Å². The maximum absolute atomic E-state index is 2.44. The molecule has 0 bridgehead atoms. The van der Waals surface area contributed by atoms with Crippen LogP contribution < -0.4 is 4.90 Å². The molecule has 1 saturated carbocycles. The van der Waals surface area contributed by atoms with Gasteiger partial charge in [-0.25, -0.2) is 0 Å².